The monoisotopic (exact) mass is 339 g/mol. The van der Waals surface area contributed by atoms with Gasteiger partial charge in [-0.1, -0.05) is 23.7 Å². The lowest BCUT2D eigenvalue weighted by atomic mass is 9.96. The van der Waals surface area contributed by atoms with Crippen LogP contribution in [0.2, 0.25) is 5.02 Å². The lowest BCUT2D eigenvalue weighted by Crippen LogP contribution is -2.15. The van der Waals surface area contributed by atoms with Crippen molar-refractivity contribution in [2.75, 3.05) is 0 Å². The molecule has 0 bridgehead atoms. The molecule has 2 rings (SSSR count). The zero-order valence-electron chi connectivity index (χ0n) is 9.88. The first-order chi connectivity index (χ1) is 9.06. The molecule has 0 saturated heterocycles. The van der Waals surface area contributed by atoms with Crippen LogP contribution in [0.1, 0.15) is 17.2 Å². The third-order valence-corrected chi connectivity index (χ3v) is 3.44. The molecule has 1 N–H and O–H groups in total. The zero-order valence-corrected chi connectivity index (χ0v) is 12.2. The minimum absolute atomic E-state index is 0.366. The lowest BCUT2D eigenvalue weighted by Gasteiger charge is -2.12. The van der Waals surface area contributed by atoms with Crippen LogP contribution in [0.3, 0.4) is 0 Å². The van der Waals surface area contributed by atoms with Gasteiger partial charge in [0.25, 0.3) is 0 Å². The van der Waals surface area contributed by atoms with Gasteiger partial charge >= 0.3 is 5.97 Å². The average Bonchev–Trinajstić information content (AvgIpc) is 2.37. The summed E-state index contributed by atoms with van der Waals surface area (Å²) in [5.41, 5.74) is 1.42. The number of halogens is 2. The quantitative estimate of drug-likeness (QED) is 0.918. The number of rotatable bonds is 4. The van der Waals surface area contributed by atoms with Crippen molar-refractivity contribution in [3.05, 3.63) is 63.3 Å². The summed E-state index contributed by atoms with van der Waals surface area (Å²) in [7, 11) is 0. The van der Waals surface area contributed by atoms with Crippen LogP contribution >= 0.6 is 27.5 Å². The predicted octanol–water partition coefficient (Wildman–Crippen LogP) is 3.91. The molecule has 0 radical (unpaired) electrons. The molecule has 98 valence electrons. The molecule has 1 aromatic carbocycles. The van der Waals surface area contributed by atoms with Crippen LogP contribution < -0.4 is 0 Å². The van der Waals surface area contributed by atoms with E-state index in [0.29, 0.717) is 17.1 Å². The second kappa shape index (κ2) is 6.17. The number of hydrogen-bond acceptors (Lipinski definition) is 2. The van der Waals surface area contributed by atoms with Crippen molar-refractivity contribution in [2.24, 2.45) is 0 Å². The number of benzene rings is 1. The maximum Gasteiger partial charge on any atom is 0.312 e. The second-order valence-electron chi connectivity index (χ2n) is 4.13. The molecule has 0 saturated carbocycles. The molecule has 5 heteroatoms. The van der Waals surface area contributed by atoms with E-state index in [-0.39, 0.29) is 0 Å². The topological polar surface area (TPSA) is 50.2 Å². The summed E-state index contributed by atoms with van der Waals surface area (Å²) in [4.78, 5) is 15.5. The number of carboxylic acids is 1. The fourth-order valence-electron chi connectivity index (χ4n) is 1.81. The zero-order chi connectivity index (χ0) is 13.8. The highest BCUT2D eigenvalue weighted by Crippen LogP contribution is 2.22. The van der Waals surface area contributed by atoms with Gasteiger partial charge in [0, 0.05) is 15.7 Å². The van der Waals surface area contributed by atoms with Crippen LogP contribution in [0.15, 0.2) is 47.1 Å². The van der Waals surface area contributed by atoms with E-state index in [4.69, 9.17) is 11.6 Å². The van der Waals surface area contributed by atoms with E-state index in [9.17, 15) is 9.90 Å². The highest BCUT2D eigenvalue weighted by atomic mass is 79.9. The van der Waals surface area contributed by atoms with Crippen molar-refractivity contribution >= 4 is 33.5 Å². The normalized spacial score (nSPS) is 12.1. The molecule has 1 aromatic heterocycles. The minimum Gasteiger partial charge on any atom is -0.481 e. The van der Waals surface area contributed by atoms with E-state index in [2.05, 4.69) is 20.9 Å². The SMILES string of the molecule is O=C(O)C(Cc1cccc(Cl)c1)c1ccc(Br)cn1. The number of carbonyl (C=O) groups is 1. The molecular formula is C14H11BrClNO2. The number of aromatic nitrogens is 1. The Morgan fingerprint density at radius 2 is 2.16 bits per heavy atom. The Kier molecular flexibility index (Phi) is 4.56. The minimum atomic E-state index is -0.894. The Bertz CT molecular complexity index is 586. The van der Waals surface area contributed by atoms with Gasteiger partial charge in [-0.3, -0.25) is 9.78 Å². The van der Waals surface area contributed by atoms with Gasteiger partial charge in [0.05, 0.1) is 5.69 Å². The fourth-order valence-corrected chi connectivity index (χ4v) is 2.26. The van der Waals surface area contributed by atoms with Crippen molar-refractivity contribution in [2.45, 2.75) is 12.3 Å². The number of nitrogens with zero attached hydrogens (tertiary/aromatic N) is 1. The molecule has 1 heterocycles. The highest BCUT2D eigenvalue weighted by Gasteiger charge is 2.21. The van der Waals surface area contributed by atoms with E-state index in [0.717, 1.165) is 10.0 Å². The number of aliphatic carboxylic acids is 1. The molecule has 0 fully saturated rings. The molecule has 2 aromatic rings. The van der Waals surface area contributed by atoms with E-state index in [1.54, 1.807) is 30.5 Å². The van der Waals surface area contributed by atoms with Crippen LogP contribution in [0.5, 0.6) is 0 Å². The third-order valence-electron chi connectivity index (χ3n) is 2.73. The van der Waals surface area contributed by atoms with Crippen LogP contribution in [0.25, 0.3) is 0 Å². The van der Waals surface area contributed by atoms with Crippen molar-refractivity contribution in [3.8, 4) is 0 Å². The van der Waals surface area contributed by atoms with Crippen LogP contribution in [-0.2, 0) is 11.2 Å². The van der Waals surface area contributed by atoms with Gasteiger partial charge in [0.15, 0.2) is 0 Å². The van der Waals surface area contributed by atoms with E-state index < -0.39 is 11.9 Å². The second-order valence-corrected chi connectivity index (χ2v) is 5.48. The van der Waals surface area contributed by atoms with Gasteiger partial charge in [0.2, 0.25) is 0 Å². The summed E-state index contributed by atoms with van der Waals surface area (Å²) in [6, 6.07) is 10.7. The van der Waals surface area contributed by atoms with Gasteiger partial charge in [-0.15, -0.1) is 0 Å². The van der Waals surface area contributed by atoms with Gasteiger partial charge in [0.1, 0.15) is 5.92 Å². The van der Waals surface area contributed by atoms with E-state index in [1.165, 1.54) is 0 Å². The highest BCUT2D eigenvalue weighted by molar-refractivity contribution is 9.10. The molecule has 0 aliphatic carbocycles. The fraction of sp³-hybridized carbons (Fsp3) is 0.143. The van der Waals surface area contributed by atoms with E-state index >= 15 is 0 Å². The van der Waals surface area contributed by atoms with E-state index in [1.807, 2.05) is 12.1 Å². The van der Waals surface area contributed by atoms with Crippen LogP contribution in [0.4, 0.5) is 0 Å². The van der Waals surface area contributed by atoms with Crippen molar-refractivity contribution < 1.29 is 9.90 Å². The Hall–Kier alpha value is -1.39. The molecule has 0 aliphatic rings. The van der Waals surface area contributed by atoms with Gasteiger partial charge in [-0.25, -0.2) is 0 Å². The maximum absolute atomic E-state index is 11.4. The standard InChI is InChI=1S/C14H11BrClNO2/c15-10-4-5-13(17-8-10)12(14(18)19)7-9-2-1-3-11(16)6-9/h1-6,8,12H,7H2,(H,18,19). The predicted molar refractivity (Wildman–Crippen MR) is 77.5 cm³/mol. The molecule has 19 heavy (non-hydrogen) atoms. The largest absolute Gasteiger partial charge is 0.481 e. The van der Waals surface area contributed by atoms with Crippen molar-refractivity contribution in [1.82, 2.24) is 4.98 Å². The van der Waals surface area contributed by atoms with Gasteiger partial charge < -0.3 is 5.11 Å². The average molecular weight is 341 g/mol. The summed E-state index contributed by atoms with van der Waals surface area (Å²) < 4.78 is 0.822. The Balaban J connectivity index is 2.26. The maximum atomic E-state index is 11.4. The summed E-state index contributed by atoms with van der Waals surface area (Å²) in [6.45, 7) is 0. The first-order valence-electron chi connectivity index (χ1n) is 5.65. The van der Waals surface area contributed by atoms with Gasteiger partial charge in [-0.05, 0) is 52.2 Å². The smallest absolute Gasteiger partial charge is 0.312 e. The molecule has 1 atom stereocenters. The van der Waals surface area contributed by atoms with Crippen LogP contribution in [-0.4, -0.2) is 16.1 Å². The number of hydrogen-bond donors (Lipinski definition) is 1. The molecular weight excluding hydrogens is 330 g/mol. The van der Waals surface area contributed by atoms with Crippen molar-refractivity contribution in [1.29, 1.82) is 0 Å². The van der Waals surface area contributed by atoms with Crippen LogP contribution in [0, 0.1) is 0 Å². The number of pyridine rings is 1. The molecule has 0 amide bonds. The van der Waals surface area contributed by atoms with Crippen molar-refractivity contribution in [3.63, 3.8) is 0 Å². The first-order valence-corrected chi connectivity index (χ1v) is 6.82. The Morgan fingerprint density at radius 1 is 1.37 bits per heavy atom. The number of carboxylic acid groups (broad SMARTS) is 1. The summed E-state index contributed by atoms with van der Waals surface area (Å²) >= 11 is 9.19. The Labute approximate surface area is 124 Å². The molecule has 1 unspecified atom stereocenters. The lowest BCUT2D eigenvalue weighted by molar-refractivity contribution is -0.138. The summed E-state index contributed by atoms with van der Waals surface area (Å²) in [5, 5.41) is 9.94. The third kappa shape index (κ3) is 3.78. The molecule has 0 spiro atoms. The first kappa shape index (κ1) is 14.0. The summed E-state index contributed by atoms with van der Waals surface area (Å²) in [5.74, 6) is -1.57. The molecule has 0 aliphatic heterocycles. The van der Waals surface area contributed by atoms with Gasteiger partial charge in [-0.2, -0.15) is 0 Å². The molecule has 3 nitrogen and oxygen atoms in total. The summed E-state index contributed by atoms with van der Waals surface area (Å²) in [6.07, 6.45) is 1.97. The Morgan fingerprint density at radius 3 is 2.74 bits per heavy atom.